The molecule has 0 saturated heterocycles. The van der Waals surface area contributed by atoms with Gasteiger partial charge in [0.05, 0.1) is 16.7 Å². The van der Waals surface area contributed by atoms with Crippen LogP contribution in [0.25, 0.3) is 0 Å². The molecule has 18 heavy (non-hydrogen) atoms. The molecule has 0 fully saturated rings. The summed E-state index contributed by atoms with van der Waals surface area (Å²) < 4.78 is 0. The molecular weight excluding hydrogens is 236 g/mol. The second-order valence-electron chi connectivity index (χ2n) is 4.17. The van der Waals surface area contributed by atoms with Gasteiger partial charge >= 0.3 is 0 Å². The van der Waals surface area contributed by atoms with Crippen LogP contribution in [-0.2, 0) is 4.84 Å². The average Bonchev–Trinajstić information content (AvgIpc) is 2.87. The van der Waals surface area contributed by atoms with Gasteiger partial charge in [0, 0.05) is 18.6 Å². The van der Waals surface area contributed by atoms with Crippen LogP contribution in [0.3, 0.4) is 0 Å². The molecule has 2 rings (SSSR count). The Morgan fingerprint density at radius 1 is 1.56 bits per heavy atom. The van der Waals surface area contributed by atoms with E-state index in [1.807, 2.05) is 6.92 Å². The molecule has 0 aromatic heterocycles. The second kappa shape index (κ2) is 5.14. The van der Waals surface area contributed by atoms with Crippen molar-refractivity contribution in [3.05, 3.63) is 39.9 Å². The number of oxime groups is 1. The number of aliphatic hydroxyl groups is 1. The summed E-state index contributed by atoms with van der Waals surface area (Å²) in [4.78, 5) is 15.2. The summed E-state index contributed by atoms with van der Waals surface area (Å²) in [5.74, 6) is 0. The maximum Gasteiger partial charge on any atom is 0.269 e. The number of hydrogen-bond donors (Lipinski definition) is 1. The summed E-state index contributed by atoms with van der Waals surface area (Å²) in [6, 6.07) is 6.14. The van der Waals surface area contributed by atoms with Crippen molar-refractivity contribution in [1.29, 1.82) is 0 Å². The van der Waals surface area contributed by atoms with Crippen LogP contribution in [0.5, 0.6) is 0 Å². The van der Waals surface area contributed by atoms with Gasteiger partial charge in [-0.05, 0) is 24.1 Å². The normalized spacial score (nSPS) is 20.1. The number of nitro groups is 1. The molecule has 96 valence electrons. The van der Waals surface area contributed by atoms with E-state index in [9.17, 15) is 15.2 Å². The minimum absolute atomic E-state index is 0.0448. The van der Waals surface area contributed by atoms with E-state index in [1.165, 1.54) is 12.1 Å². The number of benzene rings is 1. The van der Waals surface area contributed by atoms with Crippen LogP contribution in [0.2, 0.25) is 0 Å². The Morgan fingerprint density at radius 2 is 2.22 bits per heavy atom. The lowest BCUT2D eigenvalue weighted by Gasteiger charge is -2.13. The van der Waals surface area contributed by atoms with E-state index >= 15 is 0 Å². The molecule has 1 aromatic rings. The predicted octanol–water partition coefficient (Wildman–Crippen LogP) is 1.86. The van der Waals surface area contributed by atoms with Crippen LogP contribution in [0, 0.1) is 10.1 Å². The van der Waals surface area contributed by atoms with Crippen molar-refractivity contribution < 1.29 is 14.9 Å². The van der Waals surface area contributed by atoms with Gasteiger partial charge in [0.2, 0.25) is 0 Å². The van der Waals surface area contributed by atoms with Gasteiger partial charge in [-0.3, -0.25) is 10.1 Å². The standard InChI is InChI=1S/C12H14N2O4/c1-2-11(15)12-7-10(13-18-12)8-3-5-9(6-4-8)14(16)17/h3-6,11-12,15H,2,7H2,1H3/t11-,12-/m1/s1. The van der Waals surface area contributed by atoms with E-state index in [4.69, 9.17) is 4.84 Å². The molecule has 6 nitrogen and oxygen atoms in total. The van der Waals surface area contributed by atoms with E-state index in [1.54, 1.807) is 12.1 Å². The van der Waals surface area contributed by atoms with E-state index in [0.29, 0.717) is 18.6 Å². The third kappa shape index (κ3) is 2.48. The molecule has 0 unspecified atom stereocenters. The van der Waals surface area contributed by atoms with Crippen LogP contribution in [0.15, 0.2) is 29.4 Å². The SMILES string of the molecule is CC[C@@H](O)[C@H]1CC(c2ccc([N+](=O)[O-])cc2)=NO1. The zero-order valence-corrected chi connectivity index (χ0v) is 9.94. The topological polar surface area (TPSA) is 85.0 Å². The van der Waals surface area contributed by atoms with Crippen LogP contribution in [0.4, 0.5) is 5.69 Å². The molecule has 2 atom stereocenters. The van der Waals surface area contributed by atoms with Gasteiger partial charge in [0.1, 0.15) is 0 Å². The first-order valence-electron chi connectivity index (χ1n) is 5.77. The van der Waals surface area contributed by atoms with Crippen LogP contribution in [-0.4, -0.2) is 27.9 Å². The summed E-state index contributed by atoms with van der Waals surface area (Å²) in [6.45, 7) is 1.87. The van der Waals surface area contributed by atoms with E-state index in [2.05, 4.69) is 5.16 Å². The molecule has 0 radical (unpaired) electrons. The Bertz CT molecular complexity index is 469. The quantitative estimate of drug-likeness (QED) is 0.652. The zero-order valence-electron chi connectivity index (χ0n) is 9.94. The molecule has 0 saturated carbocycles. The highest BCUT2D eigenvalue weighted by Crippen LogP contribution is 2.21. The number of aliphatic hydroxyl groups excluding tert-OH is 1. The molecule has 0 spiro atoms. The van der Waals surface area contributed by atoms with Crippen molar-refractivity contribution >= 4 is 11.4 Å². The molecule has 1 aliphatic heterocycles. The Balaban J connectivity index is 2.07. The largest absolute Gasteiger partial charge is 0.389 e. The smallest absolute Gasteiger partial charge is 0.269 e. The van der Waals surface area contributed by atoms with Gasteiger partial charge in [-0.1, -0.05) is 12.1 Å². The maximum absolute atomic E-state index is 10.5. The summed E-state index contributed by atoms with van der Waals surface area (Å²) in [5.41, 5.74) is 1.54. The van der Waals surface area contributed by atoms with Crippen molar-refractivity contribution in [3.8, 4) is 0 Å². The Labute approximate surface area is 104 Å². The first-order chi connectivity index (χ1) is 8.61. The summed E-state index contributed by atoms with van der Waals surface area (Å²) in [5, 5.41) is 24.1. The minimum atomic E-state index is -0.538. The van der Waals surface area contributed by atoms with E-state index in [-0.39, 0.29) is 11.8 Å². The first kappa shape index (κ1) is 12.5. The molecule has 0 aliphatic carbocycles. The highest BCUT2D eigenvalue weighted by atomic mass is 16.7. The van der Waals surface area contributed by atoms with E-state index < -0.39 is 11.0 Å². The van der Waals surface area contributed by atoms with E-state index in [0.717, 1.165) is 5.56 Å². The molecule has 6 heteroatoms. The Hall–Kier alpha value is -1.95. The lowest BCUT2D eigenvalue weighted by Crippen LogP contribution is -2.25. The lowest BCUT2D eigenvalue weighted by atomic mass is 10.0. The lowest BCUT2D eigenvalue weighted by molar-refractivity contribution is -0.384. The third-order valence-electron chi connectivity index (χ3n) is 2.95. The monoisotopic (exact) mass is 250 g/mol. The number of non-ortho nitro benzene ring substituents is 1. The number of rotatable bonds is 4. The van der Waals surface area contributed by atoms with Crippen molar-refractivity contribution in [3.63, 3.8) is 0 Å². The highest BCUT2D eigenvalue weighted by molar-refractivity contribution is 6.01. The van der Waals surface area contributed by atoms with Gasteiger partial charge in [0.15, 0.2) is 6.10 Å². The second-order valence-corrected chi connectivity index (χ2v) is 4.17. The highest BCUT2D eigenvalue weighted by Gasteiger charge is 2.27. The molecule has 0 bridgehead atoms. The van der Waals surface area contributed by atoms with Gasteiger partial charge in [-0.15, -0.1) is 0 Å². The average molecular weight is 250 g/mol. The van der Waals surface area contributed by atoms with Crippen molar-refractivity contribution in [1.82, 2.24) is 0 Å². The number of nitro benzene ring substituents is 1. The van der Waals surface area contributed by atoms with Crippen LogP contribution < -0.4 is 0 Å². The van der Waals surface area contributed by atoms with Gasteiger partial charge in [-0.25, -0.2) is 0 Å². The Kier molecular flexibility index (Phi) is 3.57. The summed E-state index contributed by atoms with van der Waals surface area (Å²) in [7, 11) is 0. The first-order valence-corrected chi connectivity index (χ1v) is 5.77. The fraction of sp³-hybridized carbons (Fsp3) is 0.417. The summed E-state index contributed by atoms with van der Waals surface area (Å²) >= 11 is 0. The minimum Gasteiger partial charge on any atom is -0.389 e. The Morgan fingerprint density at radius 3 is 2.78 bits per heavy atom. The van der Waals surface area contributed by atoms with Gasteiger partial charge in [0.25, 0.3) is 5.69 Å². The van der Waals surface area contributed by atoms with Gasteiger partial charge in [-0.2, -0.15) is 0 Å². The fourth-order valence-corrected chi connectivity index (χ4v) is 1.81. The van der Waals surface area contributed by atoms with Crippen LogP contribution in [0.1, 0.15) is 25.3 Å². The predicted molar refractivity (Wildman–Crippen MR) is 65.4 cm³/mol. The van der Waals surface area contributed by atoms with Gasteiger partial charge < -0.3 is 9.94 Å². The molecule has 1 N–H and O–H groups in total. The molecule has 0 amide bonds. The fourth-order valence-electron chi connectivity index (χ4n) is 1.81. The maximum atomic E-state index is 10.5. The summed E-state index contributed by atoms with van der Waals surface area (Å²) in [6.07, 6.45) is 0.269. The molecule has 1 aromatic carbocycles. The van der Waals surface area contributed by atoms with Crippen molar-refractivity contribution in [2.45, 2.75) is 32.0 Å². The molecule has 1 aliphatic rings. The third-order valence-corrected chi connectivity index (χ3v) is 2.95. The number of hydrogen-bond acceptors (Lipinski definition) is 5. The molecule has 1 heterocycles. The van der Waals surface area contributed by atoms with Crippen molar-refractivity contribution in [2.24, 2.45) is 5.16 Å². The van der Waals surface area contributed by atoms with Crippen LogP contribution >= 0.6 is 0 Å². The van der Waals surface area contributed by atoms with Crippen molar-refractivity contribution in [2.75, 3.05) is 0 Å². The number of nitrogens with zero attached hydrogens (tertiary/aromatic N) is 2. The molecular formula is C12H14N2O4. The zero-order chi connectivity index (χ0) is 13.1.